The first kappa shape index (κ1) is 19.9. The van der Waals surface area contributed by atoms with Crippen molar-refractivity contribution in [2.24, 2.45) is 5.92 Å². The Hall–Kier alpha value is -2.80. The summed E-state index contributed by atoms with van der Waals surface area (Å²) in [5.41, 5.74) is 1.75. The number of ketones is 1. The molecular weight excluding hydrogens is 384 g/mol. The zero-order valence-corrected chi connectivity index (χ0v) is 16.7. The van der Waals surface area contributed by atoms with Gasteiger partial charge in [-0.2, -0.15) is 5.10 Å². The van der Waals surface area contributed by atoms with Crippen molar-refractivity contribution in [2.45, 2.75) is 27.3 Å². The summed E-state index contributed by atoms with van der Waals surface area (Å²) in [7, 11) is 0. The number of aromatic nitrogens is 2. The monoisotopic (exact) mass is 404 g/mol. The van der Waals surface area contributed by atoms with Gasteiger partial charge in [-0.25, -0.2) is 4.79 Å². The van der Waals surface area contributed by atoms with Gasteiger partial charge in [-0.05, 0) is 37.1 Å². The largest absolute Gasteiger partial charge is 0.454 e. The van der Waals surface area contributed by atoms with Crippen LogP contribution in [0.5, 0.6) is 11.5 Å². The summed E-state index contributed by atoms with van der Waals surface area (Å²) in [4.78, 5) is 24.2. The molecule has 0 saturated heterocycles. The van der Waals surface area contributed by atoms with E-state index in [2.05, 4.69) is 18.9 Å². The zero-order valence-electron chi connectivity index (χ0n) is 15.9. The predicted molar refractivity (Wildman–Crippen MR) is 104 cm³/mol. The summed E-state index contributed by atoms with van der Waals surface area (Å²) in [5.74, 6) is 0.503. The fourth-order valence-corrected chi connectivity index (χ4v) is 3.02. The summed E-state index contributed by atoms with van der Waals surface area (Å²) in [6.07, 6.45) is 2.79. The van der Waals surface area contributed by atoms with Gasteiger partial charge in [0.15, 0.2) is 23.9 Å². The lowest BCUT2D eigenvalue weighted by molar-refractivity contribution is -0.136. The highest BCUT2D eigenvalue weighted by Crippen LogP contribution is 2.32. The first-order valence-corrected chi connectivity index (χ1v) is 9.23. The molecule has 3 rings (SSSR count). The molecule has 0 fully saturated rings. The van der Waals surface area contributed by atoms with E-state index in [1.165, 1.54) is 6.08 Å². The van der Waals surface area contributed by atoms with Gasteiger partial charge in [-0.15, -0.1) is 0 Å². The average Bonchev–Trinajstić information content (AvgIpc) is 3.22. The van der Waals surface area contributed by atoms with Gasteiger partial charge in [-0.1, -0.05) is 25.4 Å². The van der Waals surface area contributed by atoms with Gasteiger partial charge in [0.2, 0.25) is 6.79 Å². The number of carbonyl (C=O) groups is 2. The van der Waals surface area contributed by atoms with E-state index in [0.29, 0.717) is 45.9 Å². The standard InChI is InChI=1S/C20H21ClN2O5/c1-12(2)9-23-20(21)15(13(3)22-23)5-7-19(25)26-10-16(24)14-4-6-17-18(8-14)28-11-27-17/h4-8,12H,9-11H2,1-3H3/b7-5+. The first-order chi connectivity index (χ1) is 13.3. The molecule has 2 aromatic rings. The van der Waals surface area contributed by atoms with Gasteiger partial charge < -0.3 is 14.2 Å². The molecule has 0 aliphatic carbocycles. The van der Waals surface area contributed by atoms with Crippen LogP contribution in [0, 0.1) is 12.8 Å². The molecule has 7 nitrogen and oxygen atoms in total. The predicted octanol–water partition coefficient (Wildman–Crippen LogP) is 3.67. The fourth-order valence-electron chi connectivity index (χ4n) is 2.71. The van der Waals surface area contributed by atoms with E-state index in [-0.39, 0.29) is 19.2 Å². The third-order valence-corrected chi connectivity index (χ3v) is 4.47. The third-order valence-electron chi connectivity index (χ3n) is 4.07. The van der Waals surface area contributed by atoms with Gasteiger partial charge >= 0.3 is 5.97 Å². The number of esters is 1. The number of ether oxygens (including phenoxy) is 3. The molecule has 2 heterocycles. The van der Waals surface area contributed by atoms with Crippen molar-refractivity contribution in [3.05, 3.63) is 46.2 Å². The van der Waals surface area contributed by atoms with E-state index in [1.807, 2.05) is 6.92 Å². The maximum Gasteiger partial charge on any atom is 0.331 e. The van der Waals surface area contributed by atoms with Crippen LogP contribution in [0.1, 0.15) is 35.5 Å². The minimum absolute atomic E-state index is 0.127. The van der Waals surface area contributed by atoms with Crippen molar-refractivity contribution in [2.75, 3.05) is 13.4 Å². The number of Topliss-reactive ketones (excluding diaryl/α,β-unsaturated/α-hetero) is 1. The summed E-state index contributed by atoms with van der Waals surface area (Å²) in [6, 6.07) is 4.82. The number of halogens is 1. The van der Waals surface area contributed by atoms with Crippen molar-refractivity contribution < 1.29 is 23.8 Å². The van der Waals surface area contributed by atoms with Crippen LogP contribution < -0.4 is 9.47 Å². The summed E-state index contributed by atoms with van der Waals surface area (Å²) in [5, 5.41) is 4.84. The molecule has 1 aliphatic rings. The molecule has 8 heteroatoms. The Morgan fingerprint density at radius 2 is 2.07 bits per heavy atom. The normalized spacial score (nSPS) is 12.8. The van der Waals surface area contributed by atoms with Crippen molar-refractivity contribution in [1.29, 1.82) is 0 Å². The van der Waals surface area contributed by atoms with Crippen molar-refractivity contribution >= 4 is 29.4 Å². The van der Waals surface area contributed by atoms with Crippen molar-refractivity contribution in [3.8, 4) is 11.5 Å². The van der Waals surface area contributed by atoms with E-state index in [1.54, 1.807) is 29.0 Å². The maximum absolute atomic E-state index is 12.2. The van der Waals surface area contributed by atoms with Crippen molar-refractivity contribution in [3.63, 3.8) is 0 Å². The Bertz CT molecular complexity index is 933. The van der Waals surface area contributed by atoms with Crippen LogP contribution in [0.2, 0.25) is 5.15 Å². The Labute approximate surface area is 167 Å². The van der Waals surface area contributed by atoms with E-state index in [9.17, 15) is 9.59 Å². The van der Waals surface area contributed by atoms with Crippen LogP contribution in [-0.4, -0.2) is 34.9 Å². The smallest absolute Gasteiger partial charge is 0.331 e. The molecule has 28 heavy (non-hydrogen) atoms. The molecule has 0 unspecified atom stereocenters. The maximum atomic E-state index is 12.2. The first-order valence-electron chi connectivity index (χ1n) is 8.85. The molecule has 0 N–H and O–H groups in total. The highest BCUT2D eigenvalue weighted by molar-refractivity contribution is 6.31. The Balaban J connectivity index is 1.58. The second kappa shape index (κ2) is 8.48. The highest BCUT2D eigenvalue weighted by atomic mass is 35.5. The van der Waals surface area contributed by atoms with Crippen molar-refractivity contribution in [1.82, 2.24) is 9.78 Å². The minimum Gasteiger partial charge on any atom is -0.454 e. The van der Waals surface area contributed by atoms with Gasteiger partial charge in [0, 0.05) is 23.7 Å². The molecule has 0 radical (unpaired) electrons. The second-order valence-electron chi connectivity index (χ2n) is 6.80. The molecule has 1 aromatic heterocycles. The summed E-state index contributed by atoms with van der Waals surface area (Å²) < 4.78 is 17.2. The summed E-state index contributed by atoms with van der Waals surface area (Å²) >= 11 is 6.33. The van der Waals surface area contributed by atoms with Crippen LogP contribution in [0.3, 0.4) is 0 Å². The number of nitrogens with zero attached hydrogens (tertiary/aromatic N) is 2. The van der Waals surface area contributed by atoms with Crippen LogP contribution in [0.15, 0.2) is 24.3 Å². The second-order valence-corrected chi connectivity index (χ2v) is 7.16. The number of rotatable bonds is 7. The lowest BCUT2D eigenvalue weighted by atomic mass is 10.1. The lowest BCUT2D eigenvalue weighted by Gasteiger charge is -2.05. The fraction of sp³-hybridized carbons (Fsp3) is 0.350. The van der Waals surface area contributed by atoms with E-state index in [0.717, 1.165) is 0 Å². The van der Waals surface area contributed by atoms with Crippen LogP contribution in [0.25, 0.3) is 6.08 Å². The number of fused-ring (bicyclic) bond motifs is 1. The van der Waals surface area contributed by atoms with E-state index >= 15 is 0 Å². The number of hydrogen-bond acceptors (Lipinski definition) is 6. The minimum atomic E-state index is -0.638. The molecule has 1 aromatic carbocycles. The molecule has 1 aliphatic heterocycles. The molecule has 0 atom stereocenters. The third kappa shape index (κ3) is 4.54. The van der Waals surface area contributed by atoms with Gasteiger partial charge in [-0.3, -0.25) is 9.48 Å². The van der Waals surface area contributed by atoms with E-state index < -0.39 is 5.97 Å². The number of hydrogen-bond donors (Lipinski definition) is 0. The van der Waals surface area contributed by atoms with Crippen LogP contribution in [0.4, 0.5) is 0 Å². The average molecular weight is 405 g/mol. The SMILES string of the molecule is Cc1nn(CC(C)C)c(Cl)c1/C=C/C(=O)OCC(=O)c1ccc2c(c1)OCO2. The van der Waals surface area contributed by atoms with Gasteiger partial charge in [0.25, 0.3) is 0 Å². The van der Waals surface area contributed by atoms with Crippen LogP contribution >= 0.6 is 11.6 Å². The Morgan fingerprint density at radius 3 is 2.82 bits per heavy atom. The van der Waals surface area contributed by atoms with Gasteiger partial charge in [0.1, 0.15) is 5.15 Å². The molecule has 0 spiro atoms. The molecular formula is C20H21ClN2O5. The quantitative estimate of drug-likeness (QED) is 0.398. The van der Waals surface area contributed by atoms with Crippen LogP contribution in [-0.2, 0) is 16.1 Å². The number of benzene rings is 1. The molecule has 0 amide bonds. The molecule has 0 saturated carbocycles. The number of aryl methyl sites for hydroxylation is 1. The highest BCUT2D eigenvalue weighted by Gasteiger charge is 2.17. The molecule has 148 valence electrons. The summed E-state index contributed by atoms with van der Waals surface area (Å²) in [6.45, 7) is 6.39. The molecule has 0 bridgehead atoms. The zero-order chi connectivity index (χ0) is 20.3. The van der Waals surface area contributed by atoms with Gasteiger partial charge in [0.05, 0.1) is 5.69 Å². The Kier molecular flexibility index (Phi) is 6.04. The Morgan fingerprint density at radius 1 is 1.32 bits per heavy atom. The topological polar surface area (TPSA) is 79.7 Å². The number of carbonyl (C=O) groups excluding carboxylic acids is 2. The van der Waals surface area contributed by atoms with E-state index in [4.69, 9.17) is 25.8 Å². The lowest BCUT2D eigenvalue weighted by Crippen LogP contribution is -2.12.